The topological polar surface area (TPSA) is 77.0 Å². The lowest BCUT2D eigenvalue weighted by Gasteiger charge is -2.24. The molecule has 1 amide bonds. The van der Waals surface area contributed by atoms with Crippen molar-refractivity contribution in [3.05, 3.63) is 29.3 Å². The molecule has 1 fully saturated rings. The van der Waals surface area contributed by atoms with Crippen LogP contribution in [-0.2, 0) is 4.79 Å². The van der Waals surface area contributed by atoms with E-state index < -0.39 is 0 Å². The molecule has 6 nitrogen and oxygen atoms in total. The van der Waals surface area contributed by atoms with Gasteiger partial charge < -0.3 is 10.7 Å². The summed E-state index contributed by atoms with van der Waals surface area (Å²) in [5, 5.41) is 9.43. The predicted octanol–water partition coefficient (Wildman–Crippen LogP) is 3.20. The molecule has 0 spiro atoms. The Morgan fingerprint density at radius 1 is 1.08 bits per heavy atom. The molecule has 3 rings (SSSR count). The van der Waals surface area contributed by atoms with Crippen LogP contribution in [0.5, 0.6) is 0 Å². The second-order valence-corrected chi connectivity index (χ2v) is 7.50. The fourth-order valence-electron chi connectivity index (χ4n) is 2.89. The zero-order valence-electron chi connectivity index (χ0n) is 14.0. The fourth-order valence-corrected chi connectivity index (χ4v) is 3.77. The number of aromatic nitrogens is 3. The van der Waals surface area contributed by atoms with Crippen molar-refractivity contribution in [2.75, 3.05) is 24.7 Å². The van der Waals surface area contributed by atoms with E-state index in [9.17, 15) is 4.79 Å². The highest BCUT2D eigenvalue weighted by molar-refractivity contribution is 7.99. The minimum Gasteiger partial charge on any atom is -0.342 e. The van der Waals surface area contributed by atoms with Crippen molar-refractivity contribution in [1.29, 1.82) is 0 Å². The average Bonchev–Trinajstić information content (AvgIpc) is 2.94. The van der Waals surface area contributed by atoms with Gasteiger partial charge in [-0.2, -0.15) is 0 Å². The molecule has 0 saturated carbocycles. The quantitative estimate of drug-likeness (QED) is 0.652. The van der Waals surface area contributed by atoms with E-state index in [-0.39, 0.29) is 5.91 Å². The van der Waals surface area contributed by atoms with Gasteiger partial charge in [-0.1, -0.05) is 42.6 Å². The van der Waals surface area contributed by atoms with Gasteiger partial charge in [0, 0.05) is 23.7 Å². The van der Waals surface area contributed by atoms with Gasteiger partial charge in [0.25, 0.3) is 0 Å². The summed E-state index contributed by atoms with van der Waals surface area (Å²) in [6.07, 6.45) is 5.87. The highest BCUT2D eigenvalue weighted by Crippen LogP contribution is 2.23. The van der Waals surface area contributed by atoms with E-state index in [2.05, 4.69) is 10.2 Å². The Hall–Kier alpha value is -1.73. The molecule has 25 heavy (non-hydrogen) atoms. The number of hydrogen-bond acceptors (Lipinski definition) is 5. The number of thioether (sulfide) groups is 1. The molecule has 8 heteroatoms. The Bertz CT molecular complexity index is 710. The summed E-state index contributed by atoms with van der Waals surface area (Å²) >= 11 is 7.23. The average molecular weight is 380 g/mol. The Balaban J connectivity index is 1.61. The van der Waals surface area contributed by atoms with Crippen LogP contribution in [0, 0.1) is 0 Å². The van der Waals surface area contributed by atoms with Crippen LogP contribution < -0.4 is 5.84 Å². The van der Waals surface area contributed by atoms with Gasteiger partial charge in [0.15, 0.2) is 5.82 Å². The van der Waals surface area contributed by atoms with Crippen LogP contribution in [0.2, 0.25) is 5.02 Å². The van der Waals surface area contributed by atoms with Crippen LogP contribution >= 0.6 is 23.4 Å². The highest BCUT2D eigenvalue weighted by atomic mass is 35.5. The molecule has 2 heterocycles. The second-order valence-electron chi connectivity index (χ2n) is 6.12. The first-order chi connectivity index (χ1) is 12.1. The Morgan fingerprint density at radius 3 is 2.40 bits per heavy atom. The molecule has 2 N–H and O–H groups in total. The highest BCUT2D eigenvalue weighted by Gasteiger charge is 2.18. The number of rotatable bonds is 4. The summed E-state index contributed by atoms with van der Waals surface area (Å²) in [6, 6.07) is 7.25. The first-order valence-electron chi connectivity index (χ1n) is 8.52. The summed E-state index contributed by atoms with van der Waals surface area (Å²) < 4.78 is 1.43. The molecule has 1 aliphatic rings. The third-order valence-corrected chi connectivity index (χ3v) is 5.48. The summed E-state index contributed by atoms with van der Waals surface area (Å²) in [6.45, 7) is 1.70. The number of nitrogen functional groups attached to an aromatic ring is 1. The molecule has 0 radical (unpaired) electrons. The lowest BCUT2D eigenvalue weighted by Crippen LogP contribution is -2.35. The molecular weight excluding hydrogens is 358 g/mol. The minimum absolute atomic E-state index is 0.142. The molecule has 0 unspecified atom stereocenters. The maximum atomic E-state index is 12.5. The molecule has 0 atom stereocenters. The first-order valence-corrected chi connectivity index (χ1v) is 9.88. The van der Waals surface area contributed by atoms with Crippen molar-refractivity contribution in [2.24, 2.45) is 0 Å². The maximum absolute atomic E-state index is 12.5. The van der Waals surface area contributed by atoms with Crippen molar-refractivity contribution in [2.45, 2.75) is 37.3 Å². The standard InChI is InChI=1S/C17H22ClN5OS/c18-14-8-6-13(7-9-14)16-20-21-17(23(16)19)25-12-15(24)22-10-4-2-1-3-5-11-22/h6-9H,1-5,10-12,19H2. The third kappa shape index (κ3) is 4.67. The molecule has 0 aliphatic carbocycles. The van der Waals surface area contributed by atoms with Gasteiger partial charge in [-0.05, 0) is 37.1 Å². The zero-order chi connectivity index (χ0) is 17.6. The number of carbonyl (C=O) groups is 1. The van der Waals surface area contributed by atoms with Gasteiger partial charge in [-0.15, -0.1) is 10.2 Å². The van der Waals surface area contributed by atoms with Crippen LogP contribution in [0.15, 0.2) is 29.4 Å². The summed E-state index contributed by atoms with van der Waals surface area (Å²) in [5.74, 6) is 7.12. The number of nitrogens with two attached hydrogens (primary N) is 1. The molecule has 1 saturated heterocycles. The maximum Gasteiger partial charge on any atom is 0.233 e. The monoisotopic (exact) mass is 379 g/mol. The van der Waals surface area contributed by atoms with E-state index in [0.717, 1.165) is 31.5 Å². The number of likely N-dealkylation sites (tertiary alicyclic amines) is 1. The number of halogens is 1. The first kappa shape index (κ1) is 18.1. The molecule has 0 bridgehead atoms. The summed E-state index contributed by atoms with van der Waals surface area (Å²) in [5.41, 5.74) is 0.835. The van der Waals surface area contributed by atoms with Crippen LogP contribution in [0.25, 0.3) is 11.4 Å². The Labute approximate surface area is 156 Å². The van der Waals surface area contributed by atoms with Crippen LogP contribution in [0.3, 0.4) is 0 Å². The van der Waals surface area contributed by atoms with Gasteiger partial charge in [-0.25, -0.2) is 4.68 Å². The number of hydrogen-bond donors (Lipinski definition) is 1. The van der Waals surface area contributed by atoms with Gasteiger partial charge in [-0.3, -0.25) is 4.79 Å². The fraction of sp³-hybridized carbons (Fsp3) is 0.471. The second kappa shape index (κ2) is 8.58. The van der Waals surface area contributed by atoms with Crippen LogP contribution in [0.4, 0.5) is 0 Å². The molecule has 134 valence electrons. The van der Waals surface area contributed by atoms with E-state index in [0.29, 0.717) is 21.8 Å². The smallest absolute Gasteiger partial charge is 0.233 e. The molecule has 1 aromatic carbocycles. The van der Waals surface area contributed by atoms with Crippen molar-refractivity contribution in [3.8, 4) is 11.4 Å². The molecular formula is C17H22ClN5OS. The van der Waals surface area contributed by atoms with E-state index in [1.807, 2.05) is 17.0 Å². The number of benzene rings is 1. The van der Waals surface area contributed by atoms with Crippen LogP contribution in [-0.4, -0.2) is 44.5 Å². The summed E-state index contributed by atoms with van der Waals surface area (Å²) in [7, 11) is 0. The van der Waals surface area contributed by atoms with E-state index in [1.165, 1.54) is 35.7 Å². The molecule has 2 aromatic rings. The predicted molar refractivity (Wildman–Crippen MR) is 101 cm³/mol. The Morgan fingerprint density at radius 2 is 1.72 bits per heavy atom. The van der Waals surface area contributed by atoms with Gasteiger partial charge >= 0.3 is 0 Å². The molecule has 1 aromatic heterocycles. The largest absolute Gasteiger partial charge is 0.342 e. The lowest BCUT2D eigenvalue weighted by molar-refractivity contribution is -0.128. The number of nitrogens with zero attached hydrogens (tertiary/aromatic N) is 4. The van der Waals surface area contributed by atoms with E-state index in [1.54, 1.807) is 12.1 Å². The minimum atomic E-state index is 0.142. The van der Waals surface area contributed by atoms with Gasteiger partial charge in [0.2, 0.25) is 11.1 Å². The normalized spacial score (nSPS) is 15.6. The van der Waals surface area contributed by atoms with E-state index >= 15 is 0 Å². The van der Waals surface area contributed by atoms with E-state index in [4.69, 9.17) is 17.4 Å². The molecule has 1 aliphatic heterocycles. The van der Waals surface area contributed by atoms with Gasteiger partial charge in [0.1, 0.15) is 0 Å². The number of carbonyl (C=O) groups excluding carboxylic acids is 1. The van der Waals surface area contributed by atoms with Crippen molar-refractivity contribution in [1.82, 2.24) is 19.8 Å². The Kier molecular flexibility index (Phi) is 6.20. The zero-order valence-corrected chi connectivity index (χ0v) is 15.6. The van der Waals surface area contributed by atoms with Gasteiger partial charge in [0.05, 0.1) is 5.75 Å². The van der Waals surface area contributed by atoms with Crippen molar-refractivity contribution >= 4 is 29.3 Å². The SMILES string of the molecule is Nn1c(SCC(=O)N2CCCCCCC2)nnc1-c1ccc(Cl)cc1. The third-order valence-electron chi connectivity index (χ3n) is 4.30. The number of amides is 1. The van der Waals surface area contributed by atoms with Crippen molar-refractivity contribution < 1.29 is 4.79 Å². The lowest BCUT2D eigenvalue weighted by atomic mass is 10.1. The summed E-state index contributed by atoms with van der Waals surface area (Å²) in [4.78, 5) is 14.4. The van der Waals surface area contributed by atoms with Crippen molar-refractivity contribution in [3.63, 3.8) is 0 Å². The van der Waals surface area contributed by atoms with Crippen LogP contribution in [0.1, 0.15) is 32.1 Å².